The molecule has 3 amide bonds. The van der Waals surface area contributed by atoms with Gasteiger partial charge in [-0.25, -0.2) is 0 Å². The Kier molecular flexibility index (Phi) is 5.11. The van der Waals surface area contributed by atoms with Gasteiger partial charge in [0.25, 0.3) is 11.1 Å². The van der Waals surface area contributed by atoms with Crippen LogP contribution in [0.15, 0.2) is 66.2 Å². The summed E-state index contributed by atoms with van der Waals surface area (Å²) in [5.41, 5.74) is 6.09. The zero-order chi connectivity index (χ0) is 22.2. The van der Waals surface area contributed by atoms with Crippen molar-refractivity contribution in [1.82, 2.24) is 15.2 Å². The van der Waals surface area contributed by atoms with E-state index in [1.54, 1.807) is 17.2 Å². The number of carbonyl (C=O) groups is 3. The van der Waals surface area contributed by atoms with Gasteiger partial charge in [0, 0.05) is 24.7 Å². The molecule has 2 aliphatic rings. The van der Waals surface area contributed by atoms with Gasteiger partial charge in [0.15, 0.2) is 0 Å². The highest BCUT2D eigenvalue weighted by Crippen LogP contribution is 2.33. The summed E-state index contributed by atoms with van der Waals surface area (Å²) in [5, 5.41) is 2.87. The predicted molar refractivity (Wildman–Crippen MR) is 126 cm³/mol. The first-order valence-corrected chi connectivity index (χ1v) is 11.0. The van der Waals surface area contributed by atoms with Gasteiger partial charge in [-0.05, 0) is 82.4 Å². The third kappa shape index (κ3) is 3.71. The second-order valence-corrected chi connectivity index (χ2v) is 8.70. The number of nitrogens with one attached hydrogen (secondary N) is 1. The number of amides is 3. The monoisotopic (exact) mass is 441 g/mol. The molecule has 7 heteroatoms. The van der Waals surface area contributed by atoms with Gasteiger partial charge < -0.3 is 4.90 Å². The Hall–Kier alpha value is -3.71. The van der Waals surface area contributed by atoms with Crippen molar-refractivity contribution in [2.45, 2.75) is 13.0 Å². The molecule has 3 aromatic rings. The molecule has 0 atom stereocenters. The lowest BCUT2D eigenvalue weighted by atomic mass is 9.93. The smallest absolute Gasteiger partial charge is 0.290 e. The average molecular weight is 442 g/mol. The highest BCUT2D eigenvalue weighted by atomic mass is 32.2. The Morgan fingerprint density at radius 3 is 2.78 bits per heavy atom. The van der Waals surface area contributed by atoms with Crippen molar-refractivity contribution in [3.05, 3.63) is 82.9 Å². The van der Waals surface area contributed by atoms with Crippen LogP contribution in [-0.2, 0) is 22.6 Å². The average Bonchev–Trinajstić information content (AvgIpc) is 3.13. The van der Waals surface area contributed by atoms with Gasteiger partial charge in [0.05, 0.1) is 10.4 Å². The number of hydrogen-bond acceptors (Lipinski definition) is 5. The van der Waals surface area contributed by atoms with E-state index < -0.39 is 0 Å². The molecule has 0 radical (unpaired) electrons. The first kappa shape index (κ1) is 20.2. The SMILES string of the molecule is C=CC(=O)N1CCc2ccc(-c3ccnc4ccc(/C=C5/SC(=O)NC5=O)cc34)cc2C1. The van der Waals surface area contributed by atoms with Crippen LogP contribution < -0.4 is 5.32 Å². The number of nitrogens with zero attached hydrogens (tertiary/aromatic N) is 2. The van der Waals surface area contributed by atoms with Gasteiger partial charge in [-0.15, -0.1) is 0 Å². The number of fused-ring (bicyclic) bond motifs is 2. The van der Waals surface area contributed by atoms with Gasteiger partial charge in [-0.1, -0.05) is 24.8 Å². The Balaban J connectivity index is 1.55. The van der Waals surface area contributed by atoms with Gasteiger partial charge in [-0.2, -0.15) is 0 Å². The topological polar surface area (TPSA) is 79.4 Å². The van der Waals surface area contributed by atoms with Crippen molar-refractivity contribution in [2.75, 3.05) is 6.54 Å². The van der Waals surface area contributed by atoms with E-state index in [0.717, 1.165) is 51.3 Å². The van der Waals surface area contributed by atoms with Crippen LogP contribution in [-0.4, -0.2) is 33.5 Å². The molecule has 6 nitrogen and oxygen atoms in total. The summed E-state index contributed by atoms with van der Waals surface area (Å²) in [6.45, 7) is 4.86. The van der Waals surface area contributed by atoms with Gasteiger partial charge >= 0.3 is 0 Å². The summed E-state index contributed by atoms with van der Waals surface area (Å²) >= 11 is 0.901. The number of imide groups is 1. The summed E-state index contributed by atoms with van der Waals surface area (Å²) in [7, 11) is 0. The molecular formula is C25H19N3O3S. The molecule has 2 aromatic carbocycles. The Bertz CT molecular complexity index is 1350. The molecule has 0 bridgehead atoms. The van der Waals surface area contributed by atoms with E-state index in [1.807, 2.05) is 24.3 Å². The largest absolute Gasteiger partial charge is 0.335 e. The molecular weight excluding hydrogens is 422 g/mol. The van der Waals surface area contributed by atoms with E-state index in [-0.39, 0.29) is 17.1 Å². The normalized spacial score (nSPS) is 16.9. The van der Waals surface area contributed by atoms with Crippen LogP contribution in [0, 0.1) is 0 Å². The summed E-state index contributed by atoms with van der Waals surface area (Å²) in [6.07, 6.45) is 5.68. The van der Waals surface area contributed by atoms with E-state index in [0.29, 0.717) is 18.0 Å². The van der Waals surface area contributed by atoms with Crippen LogP contribution >= 0.6 is 11.8 Å². The van der Waals surface area contributed by atoms with Crippen molar-refractivity contribution < 1.29 is 14.4 Å². The molecule has 0 spiro atoms. The number of benzene rings is 2. The minimum absolute atomic E-state index is 0.0552. The standard InChI is InChI=1S/C25H19N3O3S/c1-2-23(29)28-10-8-16-4-5-17(13-18(16)14-28)19-7-9-26-21-6-3-15(11-20(19)21)12-22-24(30)27-25(31)32-22/h2-7,9,11-13H,1,8,10,14H2,(H,27,30,31)/b22-12+. The zero-order valence-corrected chi connectivity index (χ0v) is 17.9. The molecule has 3 heterocycles. The Morgan fingerprint density at radius 1 is 1.12 bits per heavy atom. The van der Waals surface area contributed by atoms with E-state index in [1.165, 1.54) is 11.6 Å². The number of aromatic nitrogens is 1. The molecule has 0 unspecified atom stereocenters. The minimum atomic E-state index is -0.375. The summed E-state index contributed by atoms with van der Waals surface area (Å²) in [6, 6.07) is 14.1. The molecule has 2 aliphatic heterocycles. The fourth-order valence-corrected chi connectivity index (χ4v) is 4.80. The maximum Gasteiger partial charge on any atom is 0.290 e. The highest BCUT2D eigenvalue weighted by Gasteiger charge is 2.25. The molecule has 1 aromatic heterocycles. The van der Waals surface area contributed by atoms with Crippen molar-refractivity contribution in [3.8, 4) is 11.1 Å². The van der Waals surface area contributed by atoms with Gasteiger partial charge in [0.2, 0.25) is 5.91 Å². The van der Waals surface area contributed by atoms with Crippen LogP contribution in [0.3, 0.4) is 0 Å². The number of rotatable bonds is 3. The molecule has 0 saturated carbocycles. The summed E-state index contributed by atoms with van der Waals surface area (Å²) in [4.78, 5) is 42.1. The first-order valence-electron chi connectivity index (χ1n) is 10.2. The van der Waals surface area contributed by atoms with Crippen LogP contribution in [0.25, 0.3) is 28.1 Å². The van der Waals surface area contributed by atoms with Crippen molar-refractivity contribution in [2.24, 2.45) is 0 Å². The molecule has 5 rings (SSSR count). The number of hydrogen-bond donors (Lipinski definition) is 1. The molecule has 0 aliphatic carbocycles. The third-order valence-electron chi connectivity index (χ3n) is 5.72. The number of pyridine rings is 1. The summed E-state index contributed by atoms with van der Waals surface area (Å²) < 4.78 is 0. The van der Waals surface area contributed by atoms with E-state index in [4.69, 9.17) is 0 Å². The molecule has 1 saturated heterocycles. The fourth-order valence-electron chi connectivity index (χ4n) is 4.12. The maximum absolute atomic E-state index is 12.1. The van der Waals surface area contributed by atoms with Crippen LogP contribution in [0.2, 0.25) is 0 Å². The summed E-state index contributed by atoms with van der Waals surface area (Å²) in [5.74, 6) is -0.430. The highest BCUT2D eigenvalue weighted by molar-refractivity contribution is 8.18. The lowest BCUT2D eigenvalue weighted by Gasteiger charge is -2.28. The van der Waals surface area contributed by atoms with Gasteiger partial charge in [0.1, 0.15) is 0 Å². The van der Waals surface area contributed by atoms with Crippen LogP contribution in [0.4, 0.5) is 4.79 Å². The fraction of sp³-hybridized carbons (Fsp3) is 0.120. The third-order valence-corrected chi connectivity index (χ3v) is 6.53. The van der Waals surface area contributed by atoms with Crippen molar-refractivity contribution >= 4 is 45.8 Å². The zero-order valence-electron chi connectivity index (χ0n) is 17.1. The predicted octanol–water partition coefficient (Wildman–Crippen LogP) is 4.30. The minimum Gasteiger partial charge on any atom is -0.335 e. The second-order valence-electron chi connectivity index (χ2n) is 7.68. The lowest BCUT2D eigenvalue weighted by molar-refractivity contribution is -0.126. The number of thioether (sulfide) groups is 1. The number of carbonyl (C=O) groups excluding carboxylic acids is 3. The van der Waals surface area contributed by atoms with E-state index >= 15 is 0 Å². The van der Waals surface area contributed by atoms with Gasteiger partial charge in [-0.3, -0.25) is 24.7 Å². The van der Waals surface area contributed by atoms with Crippen LogP contribution in [0.1, 0.15) is 16.7 Å². The Morgan fingerprint density at radius 2 is 2.00 bits per heavy atom. The molecule has 32 heavy (non-hydrogen) atoms. The first-order chi connectivity index (χ1) is 15.5. The van der Waals surface area contributed by atoms with Crippen molar-refractivity contribution in [1.29, 1.82) is 0 Å². The van der Waals surface area contributed by atoms with Crippen molar-refractivity contribution in [3.63, 3.8) is 0 Å². The lowest BCUT2D eigenvalue weighted by Crippen LogP contribution is -2.34. The quantitative estimate of drug-likeness (QED) is 0.613. The molecule has 158 valence electrons. The second kappa shape index (κ2) is 8.09. The maximum atomic E-state index is 12.1. The molecule has 1 fully saturated rings. The van der Waals surface area contributed by atoms with E-state index in [2.05, 4.69) is 35.1 Å². The Labute approximate surface area is 189 Å². The van der Waals surface area contributed by atoms with E-state index in [9.17, 15) is 14.4 Å². The van der Waals surface area contributed by atoms with Crippen LogP contribution in [0.5, 0.6) is 0 Å². The molecule has 1 N–H and O–H groups in total.